The zero-order chi connectivity index (χ0) is 16.0. The van der Waals surface area contributed by atoms with Gasteiger partial charge in [-0.2, -0.15) is 5.10 Å². The van der Waals surface area contributed by atoms with E-state index in [1.54, 1.807) is 0 Å². The molecular formula is C17H16N4OS. The molecule has 1 aliphatic rings. The van der Waals surface area contributed by atoms with Crippen molar-refractivity contribution in [3.8, 4) is 10.4 Å². The first-order valence-corrected chi connectivity index (χ1v) is 8.26. The third-order valence-electron chi connectivity index (χ3n) is 4.16. The lowest BCUT2D eigenvalue weighted by atomic mass is 9.94. The fourth-order valence-electron chi connectivity index (χ4n) is 3.14. The number of hydrogen-bond acceptors (Lipinski definition) is 4. The summed E-state index contributed by atoms with van der Waals surface area (Å²) in [6.07, 6.45) is 3.61. The van der Waals surface area contributed by atoms with Crippen molar-refractivity contribution in [2.24, 2.45) is 5.73 Å². The van der Waals surface area contributed by atoms with E-state index in [4.69, 9.17) is 16.6 Å². The molecule has 2 heterocycles. The Balaban J connectivity index is 1.75. The molecule has 0 spiro atoms. The van der Waals surface area contributed by atoms with Crippen LogP contribution < -0.4 is 11.5 Å². The van der Waals surface area contributed by atoms with E-state index in [2.05, 4.69) is 12.1 Å². The molecule has 6 heteroatoms. The number of carbonyl (C=O) groups excluding carboxylic acids is 1. The van der Waals surface area contributed by atoms with E-state index in [1.807, 2.05) is 29.1 Å². The molecule has 116 valence electrons. The van der Waals surface area contributed by atoms with E-state index in [0.29, 0.717) is 10.6 Å². The van der Waals surface area contributed by atoms with Crippen molar-refractivity contribution in [2.75, 3.05) is 5.73 Å². The Morgan fingerprint density at radius 3 is 2.78 bits per heavy atom. The normalized spacial score (nSPS) is 12.7. The zero-order valence-corrected chi connectivity index (χ0v) is 13.3. The summed E-state index contributed by atoms with van der Waals surface area (Å²) in [5.74, 6) is -0.444. The molecule has 3 aromatic rings. The van der Waals surface area contributed by atoms with Gasteiger partial charge in [-0.05, 0) is 24.0 Å². The molecule has 2 aromatic heterocycles. The molecule has 0 saturated carbocycles. The molecule has 4 N–H and O–H groups in total. The van der Waals surface area contributed by atoms with Crippen LogP contribution in [-0.2, 0) is 19.4 Å². The number of aromatic nitrogens is 2. The lowest BCUT2D eigenvalue weighted by molar-refractivity contribution is 0.100. The molecule has 0 bridgehead atoms. The molecule has 1 aliphatic carbocycles. The quantitative estimate of drug-likeness (QED) is 0.776. The Bertz CT molecular complexity index is 895. The average Bonchev–Trinajstić information content (AvgIpc) is 3.07. The number of rotatable bonds is 3. The number of amides is 1. The molecule has 0 unspecified atom stereocenters. The summed E-state index contributed by atoms with van der Waals surface area (Å²) >= 11 is 1.43. The van der Waals surface area contributed by atoms with Crippen LogP contribution in [0.5, 0.6) is 0 Å². The van der Waals surface area contributed by atoms with Gasteiger partial charge in [0, 0.05) is 16.6 Å². The third kappa shape index (κ3) is 2.31. The predicted molar refractivity (Wildman–Crippen MR) is 91.4 cm³/mol. The smallest absolute Gasteiger partial charge is 0.251 e. The van der Waals surface area contributed by atoms with Gasteiger partial charge in [0.25, 0.3) is 5.91 Å². The number of fused-ring (bicyclic) bond motifs is 3. The van der Waals surface area contributed by atoms with Crippen LogP contribution in [0.3, 0.4) is 0 Å². The molecule has 5 nitrogen and oxygen atoms in total. The van der Waals surface area contributed by atoms with Crippen molar-refractivity contribution in [2.45, 2.75) is 19.4 Å². The maximum atomic E-state index is 11.6. The highest BCUT2D eigenvalue weighted by atomic mass is 32.1. The number of nitrogens with zero attached hydrogens (tertiary/aromatic N) is 2. The SMILES string of the molecule is NC(=O)c1c(N)sc2c1CCc1nn(Cc3ccccc3)cc1-2. The van der Waals surface area contributed by atoms with Crippen LogP contribution in [0, 0.1) is 0 Å². The van der Waals surface area contributed by atoms with Crippen molar-refractivity contribution in [1.82, 2.24) is 9.78 Å². The minimum atomic E-state index is -0.444. The van der Waals surface area contributed by atoms with Crippen LogP contribution in [0.4, 0.5) is 5.00 Å². The van der Waals surface area contributed by atoms with Gasteiger partial charge in [0.05, 0.1) is 22.8 Å². The molecule has 4 rings (SSSR count). The largest absolute Gasteiger partial charge is 0.390 e. The van der Waals surface area contributed by atoms with E-state index in [9.17, 15) is 4.79 Å². The number of aryl methyl sites for hydroxylation is 1. The fraction of sp³-hybridized carbons (Fsp3) is 0.176. The zero-order valence-electron chi connectivity index (χ0n) is 12.5. The molecule has 1 amide bonds. The molecule has 23 heavy (non-hydrogen) atoms. The maximum Gasteiger partial charge on any atom is 0.251 e. The molecule has 1 aromatic carbocycles. The number of anilines is 1. The van der Waals surface area contributed by atoms with Crippen LogP contribution in [0.1, 0.15) is 27.2 Å². The lowest BCUT2D eigenvalue weighted by Crippen LogP contribution is -2.15. The van der Waals surface area contributed by atoms with Crippen LogP contribution in [0.2, 0.25) is 0 Å². The Morgan fingerprint density at radius 1 is 1.26 bits per heavy atom. The monoisotopic (exact) mass is 324 g/mol. The summed E-state index contributed by atoms with van der Waals surface area (Å²) in [6.45, 7) is 0.729. The highest BCUT2D eigenvalue weighted by Crippen LogP contribution is 2.43. The number of carbonyl (C=O) groups is 1. The summed E-state index contributed by atoms with van der Waals surface area (Å²) in [4.78, 5) is 12.7. The van der Waals surface area contributed by atoms with Gasteiger partial charge in [-0.1, -0.05) is 30.3 Å². The van der Waals surface area contributed by atoms with Crippen LogP contribution in [-0.4, -0.2) is 15.7 Å². The maximum absolute atomic E-state index is 11.6. The van der Waals surface area contributed by atoms with E-state index < -0.39 is 5.91 Å². The van der Waals surface area contributed by atoms with E-state index in [-0.39, 0.29) is 0 Å². The first-order valence-electron chi connectivity index (χ1n) is 7.45. The van der Waals surface area contributed by atoms with Gasteiger partial charge in [-0.25, -0.2) is 0 Å². The van der Waals surface area contributed by atoms with Gasteiger partial charge in [0.1, 0.15) is 0 Å². The van der Waals surface area contributed by atoms with Crippen molar-refractivity contribution in [3.05, 3.63) is 58.9 Å². The second-order valence-corrected chi connectivity index (χ2v) is 6.74. The molecule has 0 radical (unpaired) electrons. The minimum Gasteiger partial charge on any atom is -0.390 e. The van der Waals surface area contributed by atoms with E-state index >= 15 is 0 Å². The minimum absolute atomic E-state index is 0.444. The topological polar surface area (TPSA) is 86.9 Å². The summed E-state index contributed by atoms with van der Waals surface area (Å²) in [7, 11) is 0. The lowest BCUT2D eigenvalue weighted by Gasteiger charge is -2.11. The van der Waals surface area contributed by atoms with Gasteiger partial charge in [0.15, 0.2) is 0 Å². The third-order valence-corrected chi connectivity index (χ3v) is 5.26. The molecule has 0 fully saturated rings. The summed E-state index contributed by atoms with van der Waals surface area (Å²) < 4.78 is 1.95. The standard InChI is InChI=1S/C17H16N4OS/c18-16(22)14-11-6-7-13-12(15(11)23-17(14)19)9-21(20-13)8-10-4-2-1-3-5-10/h1-5,9H,6-8,19H2,(H2,18,22). The number of primary amides is 1. The fourth-order valence-corrected chi connectivity index (χ4v) is 4.30. The van der Waals surface area contributed by atoms with Crippen LogP contribution in [0.25, 0.3) is 10.4 Å². The van der Waals surface area contributed by atoms with Crippen molar-refractivity contribution < 1.29 is 4.79 Å². The van der Waals surface area contributed by atoms with Gasteiger partial charge in [-0.15, -0.1) is 11.3 Å². The van der Waals surface area contributed by atoms with Crippen molar-refractivity contribution in [1.29, 1.82) is 0 Å². The van der Waals surface area contributed by atoms with Crippen molar-refractivity contribution >= 4 is 22.2 Å². The highest BCUT2D eigenvalue weighted by Gasteiger charge is 2.28. The summed E-state index contributed by atoms with van der Waals surface area (Å²) in [5.41, 5.74) is 16.3. The average molecular weight is 324 g/mol. The Kier molecular flexibility index (Phi) is 3.20. The van der Waals surface area contributed by atoms with Gasteiger partial charge in [-0.3, -0.25) is 9.48 Å². The molecule has 0 atom stereocenters. The van der Waals surface area contributed by atoms with Gasteiger partial charge >= 0.3 is 0 Å². The summed E-state index contributed by atoms with van der Waals surface area (Å²) in [6, 6.07) is 10.2. The van der Waals surface area contributed by atoms with Crippen molar-refractivity contribution in [3.63, 3.8) is 0 Å². The molecule has 0 aliphatic heterocycles. The highest BCUT2D eigenvalue weighted by molar-refractivity contribution is 7.20. The first kappa shape index (κ1) is 14.0. The van der Waals surface area contributed by atoms with Gasteiger partial charge < -0.3 is 11.5 Å². The van der Waals surface area contributed by atoms with E-state index in [0.717, 1.165) is 41.1 Å². The number of hydrogen-bond donors (Lipinski definition) is 2. The number of nitrogens with two attached hydrogens (primary N) is 2. The first-order chi connectivity index (χ1) is 11.1. The number of thiophene rings is 1. The molecular weight excluding hydrogens is 308 g/mol. The Labute approximate surface area is 137 Å². The Morgan fingerprint density at radius 2 is 2.04 bits per heavy atom. The molecule has 0 saturated heterocycles. The van der Waals surface area contributed by atoms with Crippen LogP contribution >= 0.6 is 11.3 Å². The number of benzene rings is 1. The number of nitrogen functional groups attached to an aromatic ring is 1. The second-order valence-electron chi connectivity index (χ2n) is 5.69. The van der Waals surface area contributed by atoms with Gasteiger partial charge in [0.2, 0.25) is 0 Å². The second kappa shape index (κ2) is 5.24. The van der Waals surface area contributed by atoms with E-state index in [1.165, 1.54) is 16.9 Å². The Hall–Kier alpha value is -2.60. The summed E-state index contributed by atoms with van der Waals surface area (Å²) in [5, 5.41) is 5.20. The van der Waals surface area contributed by atoms with Crippen LogP contribution in [0.15, 0.2) is 36.5 Å². The predicted octanol–water partition coefficient (Wildman–Crippen LogP) is 2.44.